The van der Waals surface area contributed by atoms with E-state index in [0.29, 0.717) is 17.1 Å². The number of H-pyrrole nitrogens is 1. The van der Waals surface area contributed by atoms with Crippen LogP contribution in [0.3, 0.4) is 0 Å². The normalized spacial score (nSPS) is 13.4. The largest absolute Gasteiger partial charge is 0.354 e. The van der Waals surface area contributed by atoms with Gasteiger partial charge in [-0.1, -0.05) is 43.3 Å². The van der Waals surface area contributed by atoms with Crippen molar-refractivity contribution in [2.45, 2.75) is 25.8 Å². The van der Waals surface area contributed by atoms with Gasteiger partial charge in [0.25, 0.3) is 0 Å². The number of nitrogens with zero attached hydrogens (tertiary/aromatic N) is 2. The molecule has 1 aromatic carbocycles. The summed E-state index contributed by atoms with van der Waals surface area (Å²) in [5, 5.41) is 12.1. The molecule has 1 amide bonds. The van der Waals surface area contributed by atoms with E-state index in [1.54, 1.807) is 15.9 Å². The van der Waals surface area contributed by atoms with E-state index in [-0.39, 0.29) is 11.8 Å². The van der Waals surface area contributed by atoms with Crippen LogP contribution in [-0.2, 0) is 4.79 Å². The Morgan fingerprint density at radius 1 is 1.28 bits per heavy atom. The molecule has 0 saturated carbocycles. The fourth-order valence-corrected chi connectivity index (χ4v) is 3.66. The highest BCUT2D eigenvalue weighted by Crippen LogP contribution is 2.25. The number of hydrogen-bond acceptors (Lipinski definition) is 4. The third-order valence-corrected chi connectivity index (χ3v) is 5.32. The topological polar surface area (TPSA) is 62.7 Å². The van der Waals surface area contributed by atoms with E-state index >= 15 is 0 Å². The molecule has 0 aliphatic rings. The predicted molar refractivity (Wildman–Crippen MR) is 103 cm³/mol. The van der Waals surface area contributed by atoms with Crippen molar-refractivity contribution in [1.82, 2.24) is 20.1 Å². The molecule has 0 aliphatic carbocycles. The highest BCUT2D eigenvalue weighted by Gasteiger charge is 2.21. The number of amides is 1. The minimum atomic E-state index is -0.439. The van der Waals surface area contributed by atoms with Gasteiger partial charge in [-0.3, -0.25) is 14.5 Å². The van der Waals surface area contributed by atoms with Gasteiger partial charge in [0, 0.05) is 6.54 Å². The maximum Gasteiger partial charge on any atom is 0.242 e. The maximum absolute atomic E-state index is 12.6. The molecule has 5 nitrogen and oxygen atoms in total. The Bertz CT molecular complexity index is 883. The van der Waals surface area contributed by atoms with Crippen LogP contribution in [0.25, 0.3) is 10.7 Å². The zero-order chi connectivity index (χ0) is 17.8. The molecule has 0 aliphatic heterocycles. The summed E-state index contributed by atoms with van der Waals surface area (Å²) >= 11 is 6.89. The van der Waals surface area contributed by atoms with Crippen LogP contribution in [-0.4, -0.2) is 27.2 Å². The van der Waals surface area contributed by atoms with Crippen LogP contribution < -0.4 is 5.32 Å². The lowest BCUT2D eigenvalue weighted by atomic mass is 10.0. The van der Waals surface area contributed by atoms with Gasteiger partial charge in [0.15, 0.2) is 10.6 Å². The summed E-state index contributed by atoms with van der Waals surface area (Å²) in [6.07, 6.45) is 0. The highest BCUT2D eigenvalue weighted by atomic mass is 32.1. The standard InChI is InChI=1S/C18H20N4OS2/c1-12(14-7-4-3-5-8-14)11-19-17(23)13(2)22-16(20-21-18(22)24)15-9-6-10-25-15/h3-10,12-13H,11H2,1-2H3,(H,19,23)(H,21,24). The van der Waals surface area contributed by atoms with Gasteiger partial charge in [-0.05, 0) is 42.1 Å². The first kappa shape index (κ1) is 17.6. The second kappa shape index (κ2) is 7.76. The third-order valence-electron chi connectivity index (χ3n) is 4.16. The van der Waals surface area contributed by atoms with Crippen molar-refractivity contribution in [2.75, 3.05) is 6.54 Å². The van der Waals surface area contributed by atoms with Crippen LogP contribution in [0.15, 0.2) is 47.8 Å². The van der Waals surface area contributed by atoms with Gasteiger partial charge in [-0.2, -0.15) is 5.10 Å². The minimum Gasteiger partial charge on any atom is -0.354 e. The molecule has 0 fully saturated rings. The van der Waals surface area contributed by atoms with Crippen molar-refractivity contribution in [3.05, 3.63) is 58.2 Å². The molecule has 2 aromatic heterocycles. The molecule has 0 spiro atoms. The maximum atomic E-state index is 12.6. The molecule has 3 rings (SSSR count). The zero-order valence-electron chi connectivity index (χ0n) is 14.1. The quantitative estimate of drug-likeness (QED) is 0.639. The Labute approximate surface area is 155 Å². The van der Waals surface area contributed by atoms with E-state index in [9.17, 15) is 4.79 Å². The Balaban J connectivity index is 1.71. The molecule has 0 radical (unpaired) electrons. The summed E-state index contributed by atoms with van der Waals surface area (Å²) in [6.45, 7) is 4.51. The van der Waals surface area contributed by atoms with Crippen LogP contribution in [0.5, 0.6) is 0 Å². The molecule has 2 heterocycles. The number of hydrogen-bond donors (Lipinski definition) is 2. The first-order valence-electron chi connectivity index (χ1n) is 8.11. The van der Waals surface area contributed by atoms with E-state index in [2.05, 4.69) is 34.6 Å². The monoisotopic (exact) mass is 372 g/mol. The Morgan fingerprint density at radius 2 is 2.04 bits per heavy atom. The van der Waals surface area contributed by atoms with Gasteiger partial charge >= 0.3 is 0 Å². The molecule has 130 valence electrons. The van der Waals surface area contributed by atoms with E-state index in [0.717, 1.165) is 4.88 Å². The molecule has 2 atom stereocenters. The van der Waals surface area contributed by atoms with Gasteiger partial charge in [0.2, 0.25) is 5.91 Å². The number of rotatable bonds is 6. The lowest BCUT2D eigenvalue weighted by Gasteiger charge is -2.18. The zero-order valence-corrected chi connectivity index (χ0v) is 15.7. The number of aromatic amines is 1. The highest BCUT2D eigenvalue weighted by molar-refractivity contribution is 7.71. The molecule has 25 heavy (non-hydrogen) atoms. The molecule has 0 saturated heterocycles. The van der Waals surface area contributed by atoms with Crippen LogP contribution in [0, 0.1) is 4.77 Å². The van der Waals surface area contributed by atoms with Crippen molar-refractivity contribution >= 4 is 29.5 Å². The molecule has 2 N–H and O–H groups in total. The Morgan fingerprint density at radius 3 is 2.72 bits per heavy atom. The van der Waals surface area contributed by atoms with Gasteiger partial charge < -0.3 is 5.32 Å². The molecular formula is C18H20N4OS2. The second-order valence-electron chi connectivity index (χ2n) is 5.93. The van der Waals surface area contributed by atoms with Gasteiger partial charge in [-0.25, -0.2) is 0 Å². The van der Waals surface area contributed by atoms with E-state index in [4.69, 9.17) is 12.2 Å². The lowest BCUT2D eigenvalue weighted by molar-refractivity contribution is -0.123. The number of carbonyl (C=O) groups excluding carboxylic acids is 1. The average molecular weight is 373 g/mol. The molecular weight excluding hydrogens is 352 g/mol. The van der Waals surface area contributed by atoms with Gasteiger partial charge in [0.05, 0.1) is 4.88 Å². The number of thiophene rings is 1. The molecule has 7 heteroatoms. The van der Waals surface area contributed by atoms with Crippen LogP contribution >= 0.6 is 23.6 Å². The first-order chi connectivity index (χ1) is 12.1. The van der Waals surface area contributed by atoms with E-state index in [1.807, 2.05) is 42.6 Å². The van der Waals surface area contributed by atoms with Crippen molar-refractivity contribution in [3.8, 4) is 10.7 Å². The van der Waals surface area contributed by atoms with Crippen LogP contribution in [0.4, 0.5) is 0 Å². The van der Waals surface area contributed by atoms with Crippen LogP contribution in [0.1, 0.15) is 31.4 Å². The number of aromatic nitrogens is 3. The predicted octanol–water partition coefficient (Wildman–Crippen LogP) is 4.15. The molecule has 3 aromatic rings. The summed E-state index contributed by atoms with van der Waals surface area (Å²) in [5.74, 6) is 0.864. The van der Waals surface area contributed by atoms with Crippen molar-refractivity contribution in [3.63, 3.8) is 0 Å². The lowest BCUT2D eigenvalue weighted by Crippen LogP contribution is -2.33. The summed E-state index contributed by atoms with van der Waals surface area (Å²) in [7, 11) is 0. The molecule has 2 unspecified atom stereocenters. The summed E-state index contributed by atoms with van der Waals surface area (Å²) in [6, 6.07) is 13.6. The summed E-state index contributed by atoms with van der Waals surface area (Å²) < 4.78 is 2.21. The van der Waals surface area contributed by atoms with Crippen LogP contribution in [0.2, 0.25) is 0 Å². The van der Waals surface area contributed by atoms with Crippen molar-refractivity contribution < 1.29 is 4.79 Å². The van der Waals surface area contributed by atoms with Gasteiger partial charge in [0.1, 0.15) is 6.04 Å². The minimum absolute atomic E-state index is 0.0712. The number of nitrogens with one attached hydrogen (secondary N) is 2. The number of benzene rings is 1. The van der Waals surface area contributed by atoms with E-state index in [1.165, 1.54) is 5.56 Å². The fraction of sp³-hybridized carbons (Fsp3) is 0.278. The van der Waals surface area contributed by atoms with Crippen molar-refractivity contribution in [1.29, 1.82) is 0 Å². The smallest absolute Gasteiger partial charge is 0.242 e. The van der Waals surface area contributed by atoms with Gasteiger partial charge in [-0.15, -0.1) is 11.3 Å². The Kier molecular flexibility index (Phi) is 5.45. The Hall–Kier alpha value is -2.25. The third kappa shape index (κ3) is 3.88. The average Bonchev–Trinajstić information content (AvgIpc) is 3.28. The summed E-state index contributed by atoms with van der Waals surface area (Å²) in [4.78, 5) is 13.6. The van der Waals surface area contributed by atoms with E-state index < -0.39 is 6.04 Å². The second-order valence-corrected chi connectivity index (χ2v) is 7.27. The van der Waals surface area contributed by atoms with Crippen molar-refractivity contribution in [2.24, 2.45) is 0 Å². The summed E-state index contributed by atoms with van der Waals surface area (Å²) in [5.41, 5.74) is 1.20. The fourth-order valence-electron chi connectivity index (χ4n) is 2.66. The molecule has 0 bridgehead atoms. The number of carbonyl (C=O) groups is 1. The first-order valence-corrected chi connectivity index (χ1v) is 9.40. The SMILES string of the molecule is CC(CNC(=O)C(C)n1c(-c2cccs2)n[nH]c1=S)c1ccccc1.